The van der Waals surface area contributed by atoms with Gasteiger partial charge in [0, 0.05) is 33.5 Å². The Labute approximate surface area is 373 Å². The largest absolute Gasteiger partial charge is 0.310 e. The van der Waals surface area contributed by atoms with Gasteiger partial charge in [-0.1, -0.05) is 200 Å². The fourth-order valence-electron chi connectivity index (χ4n) is 9.74. The minimum absolute atomic E-state index is 1.08. The van der Waals surface area contributed by atoms with E-state index < -0.39 is 0 Å². The van der Waals surface area contributed by atoms with Crippen molar-refractivity contribution in [3.8, 4) is 50.2 Å². The summed E-state index contributed by atoms with van der Waals surface area (Å²) >= 11 is 0. The van der Waals surface area contributed by atoms with Crippen LogP contribution in [-0.4, -0.2) is 4.57 Å². The van der Waals surface area contributed by atoms with Crippen LogP contribution < -0.4 is 4.90 Å². The summed E-state index contributed by atoms with van der Waals surface area (Å²) in [5.41, 5.74) is 16.4. The van der Waals surface area contributed by atoms with Crippen molar-refractivity contribution >= 4 is 60.4 Å². The fraction of sp³-hybridized carbons (Fsp3) is 0. The topological polar surface area (TPSA) is 8.17 Å². The summed E-state index contributed by atoms with van der Waals surface area (Å²) in [6, 6.07) is 92.6. The Bertz CT molecular complexity index is 3620. The van der Waals surface area contributed by atoms with Crippen molar-refractivity contribution in [2.45, 2.75) is 0 Å². The molecule has 300 valence electrons. The van der Waals surface area contributed by atoms with Crippen LogP contribution in [0.3, 0.4) is 0 Å². The molecule has 0 amide bonds. The number of fused-ring (bicyclic) bond motifs is 6. The van der Waals surface area contributed by atoms with Crippen molar-refractivity contribution in [3.63, 3.8) is 0 Å². The molecule has 0 atom stereocenters. The van der Waals surface area contributed by atoms with Crippen LogP contribution in [0, 0.1) is 0 Å². The van der Waals surface area contributed by atoms with Crippen molar-refractivity contribution in [2.75, 3.05) is 4.90 Å². The summed E-state index contributed by atoms with van der Waals surface area (Å²) in [7, 11) is 0. The number of anilines is 3. The molecule has 0 aliphatic carbocycles. The zero-order chi connectivity index (χ0) is 42.4. The highest BCUT2D eigenvalue weighted by atomic mass is 15.1. The molecule has 0 aliphatic heterocycles. The number of rotatable bonds is 8. The summed E-state index contributed by atoms with van der Waals surface area (Å²) in [6.45, 7) is 0. The summed E-state index contributed by atoms with van der Waals surface area (Å²) in [5.74, 6) is 0. The zero-order valence-electron chi connectivity index (χ0n) is 35.1. The van der Waals surface area contributed by atoms with Gasteiger partial charge < -0.3 is 9.47 Å². The first-order valence-corrected chi connectivity index (χ1v) is 22.0. The quantitative estimate of drug-likeness (QED) is 0.148. The highest BCUT2D eigenvalue weighted by Gasteiger charge is 2.20. The molecule has 0 unspecified atom stereocenters. The van der Waals surface area contributed by atoms with Crippen molar-refractivity contribution in [1.82, 2.24) is 4.57 Å². The summed E-state index contributed by atoms with van der Waals surface area (Å²) < 4.78 is 2.46. The van der Waals surface area contributed by atoms with Crippen molar-refractivity contribution in [3.05, 3.63) is 255 Å². The van der Waals surface area contributed by atoms with Crippen LogP contribution in [0.25, 0.3) is 93.5 Å². The minimum Gasteiger partial charge on any atom is -0.310 e. The SMILES string of the molecule is c1ccc(-c2ccc(-c3cccc4c3c3c5ccccc5ccc3n4-c3cccc(N(c4ccc(-c5ccccc5)cc4)c4ccc(-c5cccc6ccccc56)cc4)c3)cc2)cc1. The first-order valence-electron chi connectivity index (χ1n) is 22.0. The van der Waals surface area contributed by atoms with Gasteiger partial charge in [0.25, 0.3) is 0 Å². The van der Waals surface area contributed by atoms with Crippen molar-refractivity contribution in [2.24, 2.45) is 0 Å². The molecule has 2 nitrogen and oxygen atoms in total. The van der Waals surface area contributed by atoms with Gasteiger partial charge in [-0.05, 0) is 121 Å². The number of nitrogens with zero attached hydrogens (tertiary/aromatic N) is 2. The van der Waals surface area contributed by atoms with Crippen LogP contribution in [0.2, 0.25) is 0 Å². The third-order valence-corrected chi connectivity index (χ3v) is 12.8. The van der Waals surface area contributed by atoms with E-state index in [1.165, 1.54) is 87.9 Å². The van der Waals surface area contributed by atoms with Crippen LogP contribution in [0.1, 0.15) is 0 Å². The first-order chi connectivity index (χ1) is 31.7. The number of aromatic nitrogens is 1. The second-order valence-electron chi connectivity index (χ2n) is 16.5. The average Bonchev–Trinajstić information content (AvgIpc) is 3.73. The lowest BCUT2D eigenvalue weighted by Gasteiger charge is -2.27. The molecule has 0 bridgehead atoms. The Morgan fingerprint density at radius 1 is 0.266 bits per heavy atom. The van der Waals surface area contributed by atoms with Crippen LogP contribution >= 0.6 is 0 Å². The summed E-state index contributed by atoms with van der Waals surface area (Å²) in [4.78, 5) is 2.38. The molecule has 12 aromatic rings. The summed E-state index contributed by atoms with van der Waals surface area (Å²) in [5, 5.41) is 7.49. The molecule has 1 aromatic heterocycles. The molecule has 0 fully saturated rings. The Morgan fingerprint density at radius 2 is 0.734 bits per heavy atom. The predicted octanol–water partition coefficient (Wildman–Crippen LogP) is 17.2. The van der Waals surface area contributed by atoms with Crippen molar-refractivity contribution in [1.29, 1.82) is 0 Å². The molecule has 2 heteroatoms. The van der Waals surface area contributed by atoms with E-state index in [4.69, 9.17) is 0 Å². The molecule has 0 radical (unpaired) electrons. The highest BCUT2D eigenvalue weighted by Crippen LogP contribution is 2.44. The molecule has 1 heterocycles. The van der Waals surface area contributed by atoms with Gasteiger partial charge in [0.1, 0.15) is 0 Å². The van der Waals surface area contributed by atoms with Gasteiger partial charge in [-0.25, -0.2) is 0 Å². The Morgan fingerprint density at radius 3 is 1.42 bits per heavy atom. The predicted molar refractivity (Wildman–Crippen MR) is 272 cm³/mol. The minimum atomic E-state index is 1.08. The lowest BCUT2D eigenvalue weighted by molar-refractivity contribution is 1.17. The molecule has 0 saturated carbocycles. The van der Waals surface area contributed by atoms with E-state index in [-0.39, 0.29) is 0 Å². The van der Waals surface area contributed by atoms with Crippen LogP contribution in [0.15, 0.2) is 255 Å². The highest BCUT2D eigenvalue weighted by molar-refractivity contribution is 6.25. The van der Waals surface area contributed by atoms with Crippen LogP contribution in [-0.2, 0) is 0 Å². The molecule has 11 aromatic carbocycles. The van der Waals surface area contributed by atoms with E-state index in [1.807, 2.05) is 0 Å². The van der Waals surface area contributed by atoms with Crippen molar-refractivity contribution < 1.29 is 0 Å². The van der Waals surface area contributed by atoms with Crippen LogP contribution in [0.4, 0.5) is 17.1 Å². The molecular formula is C62H42N2. The van der Waals surface area contributed by atoms with E-state index in [0.29, 0.717) is 0 Å². The third-order valence-electron chi connectivity index (χ3n) is 12.8. The monoisotopic (exact) mass is 814 g/mol. The number of hydrogen-bond donors (Lipinski definition) is 0. The Balaban J connectivity index is 1.02. The van der Waals surface area contributed by atoms with E-state index in [2.05, 4.69) is 264 Å². The second kappa shape index (κ2) is 15.8. The fourth-order valence-corrected chi connectivity index (χ4v) is 9.74. The smallest absolute Gasteiger partial charge is 0.0547 e. The van der Waals surface area contributed by atoms with Gasteiger partial charge in [0.15, 0.2) is 0 Å². The zero-order valence-corrected chi connectivity index (χ0v) is 35.1. The van der Waals surface area contributed by atoms with Gasteiger partial charge in [-0.3, -0.25) is 0 Å². The third kappa shape index (κ3) is 6.52. The average molecular weight is 815 g/mol. The van der Waals surface area contributed by atoms with E-state index in [0.717, 1.165) is 22.7 Å². The molecule has 0 N–H and O–H groups in total. The standard InChI is InChI=1S/C62H42N2/c1-3-14-43(15-4-1)45-28-30-50(31-29-45)58-26-13-27-59-61(58)62-57-24-10-8-19-48(57)36-41-60(62)64(59)54-22-12-21-53(42-54)63(51-37-32-46(33-38-51)44-16-5-2-6-17-44)52-39-34-49(35-40-52)56-25-11-20-47-18-7-9-23-55(47)56/h1-42H. The maximum atomic E-state index is 2.46. The maximum Gasteiger partial charge on any atom is 0.0547 e. The maximum absolute atomic E-state index is 2.46. The lowest BCUT2D eigenvalue weighted by Crippen LogP contribution is -2.10. The van der Waals surface area contributed by atoms with Gasteiger partial charge in [-0.2, -0.15) is 0 Å². The van der Waals surface area contributed by atoms with Gasteiger partial charge in [0.05, 0.1) is 11.0 Å². The van der Waals surface area contributed by atoms with E-state index in [1.54, 1.807) is 0 Å². The Kier molecular flexibility index (Phi) is 9.20. The first kappa shape index (κ1) is 37.3. The van der Waals surface area contributed by atoms with E-state index in [9.17, 15) is 0 Å². The molecule has 0 spiro atoms. The number of hydrogen-bond acceptors (Lipinski definition) is 1. The molecule has 0 saturated heterocycles. The molecule has 64 heavy (non-hydrogen) atoms. The van der Waals surface area contributed by atoms with E-state index >= 15 is 0 Å². The Hall–Kier alpha value is -8.46. The lowest BCUT2D eigenvalue weighted by atomic mass is 9.95. The normalized spacial score (nSPS) is 11.4. The van der Waals surface area contributed by atoms with Crippen LogP contribution in [0.5, 0.6) is 0 Å². The van der Waals surface area contributed by atoms with Gasteiger partial charge >= 0.3 is 0 Å². The van der Waals surface area contributed by atoms with Gasteiger partial charge in [-0.15, -0.1) is 0 Å². The molecular weight excluding hydrogens is 773 g/mol. The molecule has 0 aliphatic rings. The van der Waals surface area contributed by atoms with Gasteiger partial charge in [0.2, 0.25) is 0 Å². The summed E-state index contributed by atoms with van der Waals surface area (Å²) in [6.07, 6.45) is 0. The molecule has 12 rings (SSSR count). The second-order valence-corrected chi connectivity index (χ2v) is 16.5. The number of benzene rings is 11.